The number of carbonyl (C=O) groups excluding carboxylic acids is 2. The van der Waals surface area contributed by atoms with Crippen LogP contribution < -0.4 is 20.3 Å². The van der Waals surface area contributed by atoms with Crippen molar-refractivity contribution in [1.29, 1.82) is 0 Å². The number of esters is 1. The maximum atomic E-state index is 12.6. The van der Waals surface area contributed by atoms with Gasteiger partial charge < -0.3 is 20.3 Å². The van der Waals surface area contributed by atoms with Crippen LogP contribution in [0.3, 0.4) is 0 Å². The maximum absolute atomic E-state index is 12.6. The molecule has 0 unspecified atom stereocenters. The first-order valence-electron chi connectivity index (χ1n) is 10.8. The van der Waals surface area contributed by atoms with E-state index in [0.29, 0.717) is 18.8 Å². The van der Waals surface area contributed by atoms with Crippen molar-refractivity contribution >= 4 is 23.6 Å². The predicted molar refractivity (Wildman–Crippen MR) is 119 cm³/mol. The Morgan fingerprint density at radius 3 is 2.35 bits per heavy atom. The number of amides is 1. The Morgan fingerprint density at radius 1 is 1.09 bits per heavy atom. The molecule has 1 aliphatic carbocycles. The number of anilines is 2. The summed E-state index contributed by atoms with van der Waals surface area (Å²) in [6.07, 6.45) is -1.28. The number of hydrogen-bond acceptors (Lipinski definition) is 8. The fraction of sp³-hybridized carbons (Fsp3) is 0.500. The Morgan fingerprint density at radius 2 is 1.74 bits per heavy atom. The summed E-state index contributed by atoms with van der Waals surface area (Å²) >= 11 is 0. The summed E-state index contributed by atoms with van der Waals surface area (Å²) in [4.78, 5) is 38.4. The maximum Gasteiger partial charge on any atom is 0.491 e. The lowest BCUT2D eigenvalue weighted by atomic mass is 9.91. The standard InChI is InChI=1S/C22H27F3N6O3/c1-12-13(2)27-21(30-17(12)31(3)4)29-15-9-7-14(8-10-15)28-18(32)16-6-5-11-26-19(16)34-20(33)22(23,24)25/h5-6,11,14-15H,7-10H2,1-4H3,(H,28,32)(H,27,29,30)/t14-,15+. The van der Waals surface area contributed by atoms with Crippen LogP contribution in [0.1, 0.15) is 47.3 Å². The third-order valence-electron chi connectivity index (χ3n) is 5.62. The van der Waals surface area contributed by atoms with Gasteiger partial charge in [0, 0.05) is 43.6 Å². The van der Waals surface area contributed by atoms with Gasteiger partial charge in [0.05, 0.1) is 0 Å². The molecule has 0 aliphatic heterocycles. The SMILES string of the molecule is Cc1nc(N[C@H]2CC[C@@H](NC(=O)c3cccnc3OC(=O)C(F)(F)F)CC2)nc(N(C)C)c1C. The van der Waals surface area contributed by atoms with Crippen molar-refractivity contribution in [2.75, 3.05) is 24.3 Å². The highest BCUT2D eigenvalue weighted by atomic mass is 19.4. The summed E-state index contributed by atoms with van der Waals surface area (Å²) in [6, 6.07) is 2.57. The van der Waals surface area contributed by atoms with Crippen molar-refractivity contribution < 1.29 is 27.5 Å². The summed E-state index contributed by atoms with van der Waals surface area (Å²) in [6.45, 7) is 3.90. The molecule has 2 aromatic heterocycles. The molecule has 2 heterocycles. The molecule has 0 radical (unpaired) electrons. The Bertz CT molecular complexity index is 1050. The molecule has 0 atom stereocenters. The summed E-state index contributed by atoms with van der Waals surface area (Å²) in [5.41, 5.74) is 1.67. The number of pyridine rings is 1. The smallest absolute Gasteiger partial charge is 0.400 e. The van der Waals surface area contributed by atoms with Gasteiger partial charge in [-0.25, -0.2) is 14.8 Å². The van der Waals surface area contributed by atoms with E-state index in [-0.39, 0.29) is 17.6 Å². The number of hydrogen-bond donors (Lipinski definition) is 2. The summed E-state index contributed by atoms with van der Waals surface area (Å²) < 4.78 is 41.8. The van der Waals surface area contributed by atoms with Crippen LogP contribution in [0.25, 0.3) is 0 Å². The van der Waals surface area contributed by atoms with Gasteiger partial charge in [0.2, 0.25) is 11.8 Å². The number of aromatic nitrogens is 3. The highest BCUT2D eigenvalue weighted by molar-refractivity contribution is 5.97. The number of halogens is 3. The van der Waals surface area contributed by atoms with Gasteiger partial charge in [-0.15, -0.1) is 0 Å². The lowest BCUT2D eigenvalue weighted by molar-refractivity contribution is -0.190. The molecule has 0 aromatic carbocycles. The summed E-state index contributed by atoms with van der Waals surface area (Å²) in [5.74, 6) is -2.37. The molecule has 2 N–H and O–H groups in total. The van der Waals surface area contributed by atoms with Crippen LogP contribution in [-0.4, -0.2) is 59.2 Å². The first-order chi connectivity index (χ1) is 16.0. The van der Waals surface area contributed by atoms with Crippen LogP contribution in [0.2, 0.25) is 0 Å². The molecule has 0 spiro atoms. The lowest BCUT2D eigenvalue weighted by Crippen LogP contribution is -2.40. The normalized spacial score (nSPS) is 18.2. The van der Waals surface area contributed by atoms with Crippen LogP contribution in [0.5, 0.6) is 5.88 Å². The topological polar surface area (TPSA) is 109 Å². The van der Waals surface area contributed by atoms with Gasteiger partial charge in [-0.3, -0.25) is 4.79 Å². The Balaban J connectivity index is 1.58. The molecule has 1 aliphatic rings. The van der Waals surface area contributed by atoms with E-state index in [1.54, 1.807) is 0 Å². The van der Waals surface area contributed by atoms with Crippen molar-refractivity contribution in [2.24, 2.45) is 0 Å². The van der Waals surface area contributed by atoms with Crippen molar-refractivity contribution in [2.45, 2.75) is 57.8 Å². The number of rotatable bonds is 6. The van der Waals surface area contributed by atoms with Crippen molar-refractivity contribution in [3.05, 3.63) is 35.2 Å². The minimum atomic E-state index is -5.19. The molecule has 0 saturated heterocycles. The molecular weight excluding hydrogens is 453 g/mol. The van der Waals surface area contributed by atoms with E-state index in [9.17, 15) is 22.8 Å². The van der Waals surface area contributed by atoms with Crippen LogP contribution in [-0.2, 0) is 4.79 Å². The Hall–Kier alpha value is -3.44. The number of carbonyl (C=O) groups is 2. The minimum absolute atomic E-state index is 0.118. The fourth-order valence-electron chi connectivity index (χ4n) is 3.73. The number of ether oxygens (including phenoxy) is 1. The zero-order valence-electron chi connectivity index (χ0n) is 19.4. The van der Waals surface area contributed by atoms with E-state index in [0.717, 1.165) is 36.1 Å². The van der Waals surface area contributed by atoms with Crippen LogP contribution in [0.15, 0.2) is 18.3 Å². The fourth-order valence-corrected chi connectivity index (χ4v) is 3.73. The van der Waals surface area contributed by atoms with Crippen molar-refractivity contribution in [3.8, 4) is 5.88 Å². The average Bonchev–Trinajstić information content (AvgIpc) is 2.77. The van der Waals surface area contributed by atoms with Gasteiger partial charge in [-0.1, -0.05) is 0 Å². The van der Waals surface area contributed by atoms with E-state index in [4.69, 9.17) is 0 Å². The average molecular weight is 480 g/mol. The number of nitrogens with zero attached hydrogens (tertiary/aromatic N) is 4. The van der Waals surface area contributed by atoms with E-state index >= 15 is 0 Å². The van der Waals surface area contributed by atoms with Crippen molar-refractivity contribution in [1.82, 2.24) is 20.3 Å². The van der Waals surface area contributed by atoms with E-state index < -0.39 is 23.9 Å². The van der Waals surface area contributed by atoms with E-state index in [2.05, 4.69) is 30.3 Å². The predicted octanol–water partition coefficient (Wildman–Crippen LogP) is 3.18. The highest BCUT2D eigenvalue weighted by Crippen LogP contribution is 2.25. The molecule has 1 amide bonds. The number of nitrogens with one attached hydrogen (secondary N) is 2. The molecule has 0 bridgehead atoms. The van der Waals surface area contributed by atoms with Gasteiger partial charge in [-0.05, 0) is 51.7 Å². The Labute approximate surface area is 195 Å². The zero-order valence-corrected chi connectivity index (χ0v) is 19.4. The van der Waals surface area contributed by atoms with Gasteiger partial charge in [-0.2, -0.15) is 18.2 Å². The first kappa shape index (κ1) is 25.2. The lowest BCUT2D eigenvalue weighted by Gasteiger charge is -2.30. The van der Waals surface area contributed by atoms with Gasteiger partial charge >= 0.3 is 12.1 Å². The molecule has 1 fully saturated rings. The minimum Gasteiger partial charge on any atom is -0.400 e. The third kappa shape index (κ3) is 6.12. The molecule has 3 rings (SSSR count). The highest BCUT2D eigenvalue weighted by Gasteiger charge is 2.42. The molecular formula is C22H27F3N6O3. The van der Waals surface area contributed by atoms with E-state index in [1.807, 2.05) is 32.8 Å². The Kier molecular flexibility index (Phi) is 7.57. The zero-order chi connectivity index (χ0) is 25.0. The van der Waals surface area contributed by atoms with Gasteiger partial charge in [0.25, 0.3) is 5.91 Å². The number of aryl methyl sites for hydroxylation is 1. The van der Waals surface area contributed by atoms with Crippen LogP contribution in [0, 0.1) is 13.8 Å². The van der Waals surface area contributed by atoms with E-state index in [1.165, 1.54) is 12.1 Å². The molecule has 12 heteroatoms. The van der Waals surface area contributed by atoms with Crippen LogP contribution in [0.4, 0.5) is 24.9 Å². The second kappa shape index (κ2) is 10.2. The summed E-state index contributed by atoms with van der Waals surface area (Å²) in [7, 11) is 3.84. The number of alkyl halides is 3. The van der Waals surface area contributed by atoms with Gasteiger partial charge in [0.15, 0.2) is 0 Å². The largest absolute Gasteiger partial charge is 0.491 e. The monoisotopic (exact) mass is 480 g/mol. The van der Waals surface area contributed by atoms with Crippen LogP contribution >= 0.6 is 0 Å². The molecule has 34 heavy (non-hydrogen) atoms. The quantitative estimate of drug-likeness (QED) is 0.607. The third-order valence-corrected chi connectivity index (χ3v) is 5.62. The first-order valence-corrected chi connectivity index (χ1v) is 10.8. The molecule has 184 valence electrons. The van der Waals surface area contributed by atoms with Crippen molar-refractivity contribution in [3.63, 3.8) is 0 Å². The summed E-state index contributed by atoms with van der Waals surface area (Å²) in [5, 5.41) is 6.15. The second-order valence-corrected chi connectivity index (χ2v) is 8.39. The van der Waals surface area contributed by atoms with Gasteiger partial charge in [0.1, 0.15) is 11.4 Å². The molecule has 9 nitrogen and oxygen atoms in total. The molecule has 2 aromatic rings. The molecule has 1 saturated carbocycles. The second-order valence-electron chi connectivity index (χ2n) is 8.39.